The summed E-state index contributed by atoms with van der Waals surface area (Å²) in [6, 6.07) is 12.8. The van der Waals surface area contributed by atoms with Crippen LogP contribution in [0.3, 0.4) is 0 Å². The monoisotopic (exact) mass is 468 g/mol. The van der Waals surface area contributed by atoms with E-state index in [9.17, 15) is 15.0 Å². The fourth-order valence-corrected chi connectivity index (χ4v) is 4.53. The molecule has 178 valence electrons. The van der Waals surface area contributed by atoms with Crippen LogP contribution in [0, 0.1) is 12.8 Å². The molecule has 35 heavy (non-hydrogen) atoms. The topological polar surface area (TPSA) is 90.6 Å². The SMILES string of the molecule is [B]c1ccc(-n2cc(C(=O)Nc3ccc(CN4CCCC(C(C)(O)CO)C4)c([B])c3)c(C)n2)cc1. The summed E-state index contributed by atoms with van der Waals surface area (Å²) in [4.78, 5) is 15.2. The molecule has 2 aromatic carbocycles. The van der Waals surface area contributed by atoms with Crippen molar-refractivity contribution in [2.75, 3.05) is 25.0 Å². The van der Waals surface area contributed by atoms with Crippen LogP contribution in [0.2, 0.25) is 0 Å². The number of likely N-dealkylation sites (tertiary alicyclic amines) is 1. The van der Waals surface area contributed by atoms with Gasteiger partial charge in [-0.1, -0.05) is 29.1 Å². The lowest BCUT2D eigenvalue weighted by molar-refractivity contribution is -0.0696. The Morgan fingerprint density at radius 3 is 2.66 bits per heavy atom. The fraction of sp³-hybridized carbons (Fsp3) is 0.385. The van der Waals surface area contributed by atoms with Crippen molar-refractivity contribution in [3.05, 3.63) is 65.5 Å². The van der Waals surface area contributed by atoms with E-state index in [4.69, 9.17) is 15.7 Å². The van der Waals surface area contributed by atoms with Crippen LogP contribution in [0.5, 0.6) is 0 Å². The van der Waals surface area contributed by atoms with E-state index in [0.717, 1.165) is 30.6 Å². The van der Waals surface area contributed by atoms with Crippen LogP contribution in [0.4, 0.5) is 5.69 Å². The van der Waals surface area contributed by atoms with E-state index in [-0.39, 0.29) is 18.4 Å². The average molecular weight is 468 g/mol. The summed E-state index contributed by atoms with van der Waals surface area (Å²) in [5.74, 6) is -0.250. The predicted molar refractivity (Wildman–Crippen MR) is 139 cm³/mol. The maximum atomic E-state index is 12.9. The molecule has 1 aromatic heterocycles. The van der Waals surface area contributed by atoms with E-state index in [2.05, 4.69) is 15.3 Å². The molecule has 0 saturated carbocycles. The van der Waals surface area contributed by atoms with Gasteiger partial charge in [0.2, 0.25) is 0 Å². The van der Waals surface area contributed by atoms with Gasteiger partial charge in [-0.3, -0.25) is 9.69 Å². The van der Waals surface area contributed by atoms with Crippen LogP contribution in [0.25, 0.3) is 5.69 Å². The van der Waals surface area contributed by atoms with Crippen molar-refractivity contribution in [2.45, 2.75) is 38.8 Å². The maximum Gasteiger partial charge on any atom is 0.259 e. The summed E-state index contributed by atoms with van der Waals surface area (Å²) in [5, 5.41) is 27.3. The molecule has 1 fully saturated rings. The predicted octanol–water partition coefficient (Wildman–Crippen LogP) is 0.976. The average Bonchev–Trinajstić information content (AvgIpc) is 3.23. The number of carbonyl (C=O) groups excluding carboxylic acids is 1. The van der Waals surface area contributed by atoms with Gasteiger partial charge < -0.3 is 15.5 Å². The van der Waals surface area contributed by atoms with Crippen LogP contribution in [-0.4, -0.2) is 71.8 Å². The number of nitrogens with one attached hydrogen (secondary N) is 1. The fourth-order valence-electron chi connectivity index (χ4n) is 4.53. The van der Waals surface area contributed by atoms with Crippen LogP contribution in [-0.2, 0) is 6.54 Å². The highest BCUT2D eigenvalue weighted by Gasteiger charge is 2.34. The Hall–Kier alpha value is -2.87. The first-order chi connectivity index (χ1) is 16.7. The number of aliphatic hydroxyl groups excluding tert-OH is 1. The second-order valence-electron chi connectivity index (χ2n) is 9.62. The molecule has 3 N–H and O–H groups in total. The van der Waals surface area contributed by atoms with E-state index in [1.807, 2.05) is 24.3 Å². The van der Waals surface area contributed by atoms with Gasteiger partial charge in [0.05, 0.1) is 29.2 Å². The normalized spacial score (nSPS) is 18.2. The highest BCUT2D eigenvalue weighted by atomic mass is 16.3. The lowest BCUT2D eigenvalue weighted by atomic mass is 9.83. The Morgan fingerprint density at radius 2 is 1.97 bits per heavy atom. The highest BCUT2D eigenvalue weighted by Crippen LogP contribution is 2.27. The van der Waals surface area contributed by atoms with Crippen LogP contribution < -0.4 is 16.2 Å². The van der Waals surface area contributed by atoms with Crippen molar-refractivity contribution >= 4 is 38.2 Å². The molecule has 7 nitrogen and oxygen atoms in total. The van der Waals surface area contributed by atoms with Crippen molar-refractivity contribution in [2.24, 2.45) is 5.92 Å². The third-order valence-corrected chi connectivity index (χ3v) is 6.80. The Morgan fingerprint density at radius 1 is 1.23 bits per heavy atom. The van der Waals surface area contributed by atoms with Crippen molar-refractivity contribution in [3.8, 4) is 5.69 Å². The zero-order chi connectivity index (χ0) is 25.2. The van der Waals surface area contributed by atoms with Gasteiger partial charge in [0, 0.05) is 30.9 Å². The zero-order valence-corrected chi connectivity index (χ0v) is 20.2. The van der Waals surface area contributed by atoms with E-state index >= 15 is 0 Å². The molecule has 2 unspecified atom stereocenters. The number of hydrogen-bond donors (Lipinski definition) is 3. The number of piperidine rings is 1. The Balaban J connectivity index is 1.42. The number of aryl methyl sites for hydroxylation is 1. The van der Waals surface area contributed by atoms with E-state index in [1.54, 1.807) is 42.9 Å². The number of amides is 1. The van der Waals surface area contributed by atoms with Crippen molar-refractivity contribution in [1.82, 2.24) is 14.7 Å². The van der Waals surface area contributed by atoms with Crippen molar-refractivity contribution in [3.63, 3.8) is 0 Å². The number of nitrogens with zero attached hydrogens (tertiary/aromatic N) is 3. The molecule has 4 radical (unpaired) electrons. The van der Waals surface area contributed by atoms with Crippen LogP contribution in [0.1, 0.15) is 41.4 Å². The van der Waals surface area contributed by atoms with E-state index in [1.165, 1.54) is 0 Å². The molecular weight excluding hydrogens is 438 g/mol. The number of hydrogen-bond acceptors (Lipinski definition) is 5. The maximum absolute atomic E-state index is 12.9. The first-order valence-corrected chi connectivity index (χ1v) is 11.8. The Kier molecular flexibility index (Phi) is 7.50. The molecule has 0 spiro atoms. The molecule has 1 amide bonds. The molecule has 2 heterocycles. The standard InChI is InChI=1S/C26H30B2N4O3/c1-17-23(15-32(30-17)22-9-6-20(27)7-10-22)25(34)29-21-8-5-18(24(28)12-21)13-31-11-3-4-19(14-31)26(2,35)16-33/h5-10,12,15,19,33,35H,3-4,11,13-14,16H2,1-2H3,(H,29,34). The van der Waals surface area contributed by atoms with Gasteiger partial charge in [-0.2, -0.15) is 5.10 Å². The minimum absolute atomic E-state index is 0.0124. The molecule has 1 saturated heterocycles. The lowest BCUT2D eigenvalue weighted by Crippen LogP contribution is -2.48. The number of aliphatic hydroxyl groups is 2. The lowest BCUT2D eigenvalue weighted by Gasteiger charge is -2.39. The van der Waals surface area contributed by atoms with Gasteiger partial charge in [0.1, 0.15) is 15.7 Å². The first kappa shape index (κ1) is 25.2. The van der Waals surface area contributed by atoms with Gasteiger partial charge >= 0.3 is 0 Å². The minimum Gasteiger partial charge on any atom is -0.393 e. The minimum atomic E-state index is -1.09. The van der Waals surface area contributed by atoms with Crippen LogP contribution in [0.15, 0.2) is 48.7 Å². The summed E-state index contributed by atoms with van der Waals surface area (Å²) in [6.45, 7) is 5.48. The third kappa shape index (κ3) is 5.86. The van der Waals surface area contributed by atoms with Gasteiger partial charge in [0.25, 0.3) is 5.91 Å². The summed E-state index contributed by atoms with van der Waals surface area (Å²) in [6.07, 6.45) is 3.54. The largest absolute Gasteiger partial charge is 0.393 e. The smallest absolute Gasteiger partial charge is 0.259 e. The number of carbonyl (C=O) groups is 1. The Bertz CT molecular complexity index is 1190. The molecule has 0 bridgehead atoms. The molecule has 1 aliphatic heterocycles. The summed E-state index contributed by atoms with van der Waals surface area (Å²) in [7, 11) is 12.1. The van der Waals surface area contributed by atoms with Crippen LogP contribution >= 0.6 is 0 Å². The second kappa shape index (κ2) is 10.4. The quantitative estimate of drug-likeness (QED) is 0.450. The molecule has 0 aliphatic carbocycles. The van der Waals surface area contributed by atoms with E-state index < -0.39 is 5.60 Å². The van der Waals surface area contributed by atoms with Crippen molar-refractivity contribution in [1.29, 1.82) is 0 Å². The first-order valence-electron chi connectivity index (χ1n) is 11.8. The molecule has 3 aromatic rings. The second-order valence-corrected chi connectivity index (χ2v) is 9.62. The number of aromatic nitrogens is 2. The number of benzene rings is 2. The van der Waals surface area contributed by atoms with Crippen molar-refractivity contribution < 1.29 is 15.0 Å². The number of anilines is 1. The molecule has 4 rings (SSSR count). The molecule has 1 aliphatic rings. The van der Waals surface area contributed by atoms with Gasteiger partial charge in [-0.05, 0) is 63.1 Å². The zero-order valence-electron chi connectivity index (χ0n) is 20.2. The molecular formula is C26H30B2N4O3. The van der Waals surface area contributed by atoms with Gasteiger partial charge in [-0.15, -0.1) is 0 Å². The Labute approximate surface area is 209 Å². The van der Waals surface area contributed by atoms with E-state index in [0.29, 0.717) is 41.0 Å². The van der Waals surface area contributed by atoms with Gasteiger partial charge in [0.15, 0.2) is 0 Å². The summed E-state index contributed by atoms with van der Waals surface area (Å²) < 4.78 is 1.65. The van der Waals surface area contributed by atoms with Gasteiger partial charge in [-0.25, -0.2) is 4.68 Å². The summed E-state index contributed by atoms with van der Waals surface area (Å²) >= 11 is 0. The number of rotatable bonds is 7. The highest BCUT2D eigenvalue weighted by molar-refractivity contribution is 6.33. The summed E-state index contributed by atoms with van der Waals surface area (Å²) in [5.41, 5.74) is 3.63. The third-order valence-electron chi connectivity index (χ3n) is 6.80. The molecule has 2 atom stereocenters. The molecule has 9 heteroatoms.